The van der Waals surface area contributed by atoms with Gasteiger partial charge in [-0.25, -0.2) is 8.42 Å². The molecule has 2 aromatic carbocycles. The van der Waals surface area contributed by atoms with Crippen molar-refractivity contribution < 1.29 is 22.9 Å². The summed E-state index contributed by atoms with van der Waals surface area (Å²) in [5.74, 6) is -0.110. The second kappa shape index (κ2) is 6.98. The normalized spacial score (nSPS) is 13.8. The Morgan fingerprint density at radius 1 is 1.19 bits per heavy atom. The zero-order chi connectivity index (χ0) is 19.1. The van der Waals surface area contributed by atoms with Gasteiger partial charge in [0, 0.05) is 6.42 Å². The summed E-state index contributed by atoms with van der Waals surface area (Å²) < 4.78 is 31.0. The standard InChI is InChI=1S/C19H21BO5S/c1-12-7-19(13(2)6-17(12)8-14(3)21)26(23,24)11-15-4-5-16-10-25-20(22)18(16)9-15/h4-7,9,22H,8,10-11H2,1-3H3. The Kier molecular flexibility index (Phi) is 5.06. The van der Waals surface area contributed by atoms with Crippen LogP contribution in [0.1, 0.15) is 34.7 Å². The second-order valence-corrected chi connectivity index (χ2v) is 8.84. The molecule has 0 spiro atoms. The van der Waals surface area contributed by atoms with Crippen LogP contribution in [0.3, 0.4) is 0 Å². The molecule has 7 heteroatoms. The lowest BCUT2D eigenvalue weighted by molar-refractivity contribution is -0.116. The molecule has 1 N–H and O–H groups in total. The Morgan fingerprint density at radius 3 is 2.62 bits per heavy atom. The number of ketones is 1. The lowest BCUT2D eigenvalue weighted by atomic mass is 9.79. The van der Waals surface area contributed by atoms with Crippen molar-refractivity contribution in [1.82, 2.24) is 0 Å². The molecule has 26 heavy (non-hydrogen) atoms. The molecule has 0 bridgehead atoms. The summed E-state index contributed by atoms with van der Waals surface area (Å²) in [5.41, 5.74) is 4.39. The molecule has 1 aliphatic heterocycles. The van der Waals surface area contributed by atoms with E-state index in [4.69, 9.17) is 4.65 Å². The van der Waals surface area contributed by atoms with E-state index >= 15 is 0 Å². The van der Waals surface area contributed by atoms with Crippen LogP contribution in [0.15, 0.2) is 35.2 Å². The van der Waals surface area contributed by atoms with Crippen LogP contribution in [0.25, 0.3) is 0 Å². The highest BCUT2D eigenvalue weighted by Crippen LogP contribution is 2.25. The Labute approximate surface area is 154 Å². The van der Waals surface area contributed by atoms with Crippen molar-refractivity contribution in [3.63, 3.8) is 0 Å². The van der Waals surface area contributed by atoms with Crippen molar-refractivity contribution in [1.29, 1.82) is 0 Å². The van der Waals surface area contributed by atoms with Gasteiger partial charge in [-0.05, 0) is 60.1 Å². The molecular weight excluding hydrogens is 351 g/mol. The van der Waals surface area contributed by atoms with Gasteiger partial charge in [0.25, 0.3) is 0 Å². The first-order chi connectivity index (χ1) is 12.2. The summed E-state index contributed by atoms with van der Waals surface area (Å²) in [6.07, 6.45) is 0.301. The van der Waals surface area contributed by atoms with Crippen molar-refractivity contribution >= 4 is 28.2 Å². The third kappa shape index (κ3) is 3.75. The van der Waals surface area contributed by atoms with Crippen LogP contribution in [0.5, 0.6) is 0 Å². The molecule has 136 valence electrons. The third-order valence-electron chi connectivity index (χ3n) is 4.64. The average molecular weight is 372 g/mol. The van der Waals surface area contributed by atoms with Gasteiger partial charge in [-0.15, -0.1) is 0 Å². The summed E-state index contributed by atoms with van der Waals surface area (Å²) in [5, 5.41) is 9.80. The summed E-state index contributed by atoms with van der Waals surface area (Å²) in [6.45, 7) is 5.42. The zero-order valence-electron chi connectivity index (χ0n) is 15.1. The predicted octanol–water partition coefficient (Wildman–Crippen LogP) is 1.63. The maximum Gasteiger partial charge on any atom is 0.491 e. The Hall–Kier alpha value is -1.96. The van der Waals surface area contributed by atoms with Crippen LogP contribution in [0.2, 0.25) is 0 Å². The fourth-order valence-electron chi connectivity index (χ4n) is 3.29. The molecular formula is C19H21BO5S. The Morgan fingerprint density at radius 2 is 1.92 bits per heavy atom. The van der Waals surface area contributed by atoms with Crippen LogP contribution in [-0.4, -0.2) is 26.3 Å². The Bertz CT molecular complexity index is 982. The third-order valence-corrected chi connectivity index (χ3v) is 6.46. The monoisotopic (exact) mass is 372 g/mol. The highest BCUT2D eigenvalue weighted by molar-refractivity contribution is 7.90. The number of carbonyl (C=O) groups excluding carboxylic acids is 1. The van der Waals surface area contributed by atoms with Crippen molar-refractivity contribution in [3.8, 4) is 0 Å². The number of Topliss-reactive ketones (excluding diaryl/α,β-unsaturated/α-hetero) is 1. The largest absolute Gasteiger partial charge is 0.491 e. The number of aryl methyl sites for hydroxylation is 2. The first kappa shape index (κ1) is 18.8. The molecule has 5 nitrogen and oxygen atoms in total. The minimum atomic E-state index is -3.55. The minimum absolute atomic E-state index is 0.0435. The molecule has 1 heterocycles. The minimum Gasteiger partial charge on any atom is -0.423 e. The van der Waals surface area contributed by atoms with Crippen molar-refractivity contribution in [2.75, 3.05) is 0 Å². The molecule has 0 radical (unpaired) electrons. The Balaban J connectivity index is 1.93. The summed E-state index contributed by atoms with van der Waals surface area (Å²) >= 11 is 0. The fraction of sp³-hybridized carbons (Fsp3) is 0.316. The van der Waals surface area contributed by atoms with Gasteiger partial charge in [-0.1, -0.05) is 24.3 Å². The summed E-state index contributed by atoms with van der Waals surface area (Å²) in [4.78, 5) is 11.6. The molecule has 0 unspecified atom stereocenters. The quantitative estimate of drug-likeness (QED) is 0.807. The highest BCUT2D eigenvalue weighted by Gasteiger charge is 2.28. The molecule has 0 saturated carbocycles. The highest BCUT2D eigenvalue weighted by atomic mass is 32.2. The molecule has 0 aromatic heterocycles. The van der Waals surface area contributed by atoms with Gasteiger partial charge in [0.15, 0.2) is 9.84 Å². The summed E-state index contributed by atoms with van der Waals surface area (Å²) in [6, 6.07) is 8.67. The second-order valence-electron chi connectivity index (χ2n) is 6.88. The van der Waals surface area contributed by atoms with E-state index < -0.39 is 17.0 Å². The van der Waals surface area contributed by atoms with Crippen LogP contribution >= 0.6 is 0 Å². The molecule has 0 amide bonds. The van der Waals surface area contributed by atoms with Gasteiger partial charge < -0.3 is 9.68 Å². The van der Waals surface area contributed by atoms with E-state index in [0.717, 1.165) is 16.7 Å². The topological polar surface area (TPSA) is 80.7 Å². The number of sulfone groups is 1. The maximum absolute atomic E-state index is 12.9. The molecule has 0 saturated heterocycles. The lowest BCUT2D eigenvalue weighted by Gasteiger charge is -2.13. The van der Waals surface area contributed by atoms with E-state index in [-0.39, 0.29) is 16.4 Å². The van der Waals surface area contributed by atoms with Gasteiger partial charge >= 0.3 is 7.12 Å². The number of fused-ring (bicyclic) bond motifs is 1. The van der Waals surface area contributed by atoms with Crippen LogP contribution in [-0.2, 0) is 38.1 Å². The van der Waals surface area contributed by atoms with Crippen molar-refractivity contribution in [2.45, 2.75) is 44.4 Å². The smallest absolute Gasteiger partial charge is 0.423 e. The number of rotatable bonds is 5. The van der Waals surface area contributed by atoms with Crippen molar-refractivity contribution in [3.05, 3.63) is 58.1 Å². The molecule has 0 atom stereocenters. The van der Waals surface area contributed by atoms with E-state index in [1.807, 2.05) is 6.92 Å². The van der Waals surface area contributed by atoms with Crippen LogP contribution < -0.4 is 5.46 Å². The molecule has 3 rings (SSSR count). The SMILES string of the molecule is CC(=O)Cc1cc(C)c(S(=O)(=O)Cc2ccc3c(c2)B(O)OC3)cc1C. The lowest BCUT2D eigenvalue weighted by Crippen LogP contribution is -2.28. The number of carbonyl (C=O) groups is 1. The van der Waals surface area contributed by atoms with Crippen molar-refractivity contribution in [2.24, 2.45) is 0 Å². The van der Waals surface area contributed by atoms with E-state index in [1.165, 1.54) is 6.92 Å². The number of hydrogen-bond donors (Lipinski definition) is 1. The van der Waals surface area contributed by atoms with Gasteiger partial charge in [0.2, 0.25) is 0 Å². The van der Waals surface area contributed by atoms with E-state index in [2.05, 4.69) is 0 Å². The van der Waals surface area contributed by atoms with Crippen LogP contribution in [0.4, 0.5) is 0 Å². The molecule has 1 aliphatic rings. The first-order valence-corrected chi connectivity index (χ1v) is 10.1. The van der Waals surface area contributed by atoms with Gasteiger partial charge in [0.1, 0.15) is 5.78 Å². The van der Waals surface area contributed by atoms with E-state index in [9.17, 15) is 18.2 Å². The summed E-state index contributed by atoms with van der Waals surface area (Å²) in [7, 11) is -4.55. The first-order valence-electron chi connectivity index (χ1n) is 8.41. The maximum atomic E-state index is 12.9. The fourth-order valence-corrected chi connectivity index (χ4v) is 4.97. The predicted molar refractivity (Wildman–Crippen MR) is 100 cm³/mol. The van der Waals surface area contributed by atoms with Gasteiger partial charge in [-0.3, -0.25) is 4.79 Å². The van der Waals surface area contributed by atoms with Gasteiger partial charge in [0.05, 0.1) is 17.3 Å². The van der Waals surface area contributed by atoms with Gasteiger partial charge in [-0.2, -0.15) is 0 Å². The van der Waals surface area contributed by atoms with E-state index in [1.54, 1.807) is 37.3 Å². The number of hydrogen-bond acceptors (Lipinski definition) is 5. The zero-order valence-corrected chi connectivity index (χ0v) is 15.9. The molecule has 0 fully saturated rings. The van der Waals surface area contributed by atoms with Crippen LogP contribution in [0, 0.1) is 13.8 Å². The number of benzene rings is 2. The van der Waals surface area contributed by atoms with E-state index in [0.29, 0.717) is 29.6 Å². The molecule has 0 aliphatic carbocycles. The average Bonchev–Trinajstić information content (AvgIpc) is 2.90. The molecule has 2 aromatic rings.